The van der Waals surface area contributed by atoms with Crippen molar-refractivity contribution in [3.05, 3.63) is 119 Å². The van der Waals surface area contributed by atoms with Gasteiger partial charge in [-0.3, -0.25) is 0 Å². The van der Waals surface area contributed by atoms with Crippen LogP contribution in [-0.4, -0.2) is 35.5 Å². The molecule has 0 N–H and O–H groups in total. The molecular weight excluding hydrogens is 744 g/mol. The zero-order chi connectivity index (χ0) is 39.2. The molecule has 0 saturated heterocycles. The van der Waals surface area contributed by atoms with Crippen LogP contribution in [0.25, 0.3) is 44.2 Å². The Morgan fingerprint density at radius 1 is 0.482 bits per heavy atom. The number of aryl methyl sites for hydroxylation is 4. The SMILES string of the molecule is COc1cc(C)c(OP2c3ccccc3-c3ccccc3N2C)c(-c2cc(OC)cc(C)c2Op2oc3c(C)cc(OC)cc3c3cc(OC)cc(C)c3o2)c1. The van der Waals surface area contributed by atoms with Crippen LogP contribution in [0, 0.1) is 27.7 Å². The van der Waals surface area contributed by atoms with E-state index in [4.69, 9.17) is 36.4 Å². The Labute approximate surface area is 328 Å². The summed E-state index contributed by atoms with van der Waals surface area (Å²) < 4.78 is 53.0. The van der Waals surface area contributed by atoms with Gasteiger partial charge in [0.25, 0.3) is 0 Å². The number of hydrogen-bond acceptors (Lipinski definition) is 9. The quantitative estimate of drug-likeness (QED) is 0.133. The predicted octanol–water partition coefficient (Wildman–Crippen LogP) is 12.2. The van der Waals surface area contributed by atoms with Crippen molar-refractivity contribution in [2.24, 2.45) is 0 Å². The molecule has 1 aliphatic rings. The summed E-state index contributed by atoms with van der Waals surface area (Å²) in [7, 11) is 5.35. The smallest absolute Gasteiger partial charge is 0.453 e. The van der Waals surface area contributed by atoms with E-state index < -0.39 is 16.5 Å². The van der Waals surface area contributed by atoms with Gasteiger partial charge in [0.05, 0.1) is 34.1 Å². The number of ether oxygens (including phenoxy) is 4. The summed E-state index contributed by atoms with van der Waals surface area (Å²) >= 11 is 0. The second-order valence-electron chi connectivity index (χ2n) is 13.7. The van der Waals surface area contributed by atoms with Crippen LogP contribution in [-0.2, 0) is 0 Å². The van der Waals surface area contributed by atoms with Gasteiger partial charge in [0.15, 0.2) is 0 Å². The Bertz CT molecular complexity index is 2620. The summed E-state index contributed by atoms with van der Waals surface area (Å²) in [5, 5.41) is 2.77. The second-order valence-corrected chi connectivity index (χ2v) is 16.5. The first-order chi connectivity index (χ1) is 27.1. The maximum Gasteiger partial charge on any atom is 0.453 e. The molecule has 0 bridgehead atoms. The molecule has 1 unspecified atom stereocenters. The topological polar surface area (TPSA) is 84.9 Å². The average Bonchev–Trinajstić information content (AvgIpc) is 3.37. The Morgan fingerprint density at radius 2 is 0.929 bits per heavy atom. The van der Waals surface area contributed by atoms with Crippen LogP contribution in [0.1, 0.15) is 22.3 Å². The largest absolute Gasteiger partial charge is 0.497 e. The first kappa shape index (κ1) is 37.2. The van der Waals surface area contributed by atoms with Crippen molar-refractivity contribution in [1.82, 2.24) is 0 Å². The fraction of sp³-hybridized carbons (Fsp3) is 0.200. The highest BCUT2D eigenvalue weighted by Gasteiger charge is 2.33. The molecule has 11 heteroatoms. The van der Waals surface area contributed by atoms with Gasteiger partial charge < -0.3 is 41.1 Å². The summed E-state index contributed by atoms with van der Waals surface area (Å²) in [4.78, 5) is 0. The molecule has 0 amide bonds. The minimum absolute atomic E-state index is 0.562. The van der Waals surface area contributed by atoms with E-state index in [9.17, 15) is 0 Å². The molecule has 7 aromatic rings. The van der Waals surface area contributed by atoms with Crippen molar-refractivity contribution in [1.29, 1.82) is 0 Å². The summed E-state index contributed by atoms with van der Waals surface area (Å²) in [5.74, 6) is 4.01. The molecule has 1 aromatic heterocycles. The minimum atomic E-state index is -2.06. The lowest BCUT2D eigenvalue weighted by Gasteiger charge is -2.36. The van der Waals surface area contributed by atoms with Crippen LogP contribution in [0.3, 0.4) is 0 Å². The summed E-state index contributed by atoms with van der Waals surface area (Å²) in [6.45, 7) is 8.00. The van der Waals surface area contributed by atoms with E-state index in [1.165, 1.54) is 5.56 Å². The van der Waals surface area contributed by atoms with Crippen molar-refractivity contribution < 1.29 is 36.4 Å². The molecule has 0 radical (unpaired) electrons. The number of benzene rings is 6. The van der Waals surface area contributed by atoms with Crippen LogP contribution in [0.15, 0.2) is 105 Å². The van der Waals surface area contributed by atoms with Crippen molar-refractivity contribution in [2.75, 3.05) is 40.2 Å². The first-order valence-electron chi connectivity index (χ1n) is 18.1. The lowest BCUT2D eigenvalue weighted by atomic mass is 9.98. The van der Waals surface area contributed by atoms with E-state index in [1.807, 2.05) is 76.2 Å². The van der Waals surface area contributed by atoms with Crippen molar-refractivity contribution in [2.45, 2.75) is 27.7 Å². The Balaban J connectivity index is 1.34. The lowest BCUT2D eigenvalue weighted by molar-refractivity contribution is 0.412. The fourth-order valence-electron chi connectivity index (χ4n) is 7.31. The highest BCUT2D eigenvalue weighted by Crippen LogP contribution is 2.56. The molecule has 0 saturated carbocycles. The Morgan fingerprint density at radius 3 is 1.46 bits per heavy atom. The zero-order valence-corrected chi connectivity index (χ0v) is 34.6. The summed E-state index contributed by atoms with van der Waals surface area (Å²) in [6.07, 6.45) is 0. The average molecular weight is 788 g/mol. The van der Waals surface area contributed by atoms with Gasteiger partial charge in [-0.1, -0.05) is 36.4 Å². The van der Waals surface area contributed by atoms with Gasteiger partial charge in [0.1, 0.15) is 45.7 Å². The number of rotatable bonds is 9. The van der Waals surface area contributed by atoms with Crippen LogP contribution in [0.2, 0.25) is 0 Å². The first-order valence-corrected chi connectivity index (χ1v) is 20.4. The molecule has 0 aliphatic carbocycles. The molecule has 1 aliphatic heterocycles. The maximum absolute atomic E-state index is 7.27. The normalized spacial score (nSPS) is 13.2. The highest BCUT2D eigenvalue weighted by atomic mass is 31.2. The standard InChI is InChI=1S/C45H43NO8P2/c1-26-18-30(47-6)22-36(42(26)51-55-41-17-13-11-15-35(41)34-14-10-12-16-40(34)46(55)5)37-23-31(48-7)19-27(2)43(37)52-56-53-44-28(3)20-32(49-8)24-38(44)39-25-33(50-9)21-29(4)45(39)54-56/h10-25H,1-9H3. The van der Waals surface area contributed by atoms with Crippen molar-refractivity contribution in [3.8, 4) is 56.8 Å². The van der Waals surface area contributed by atoms with E-state index >= 15 is 0 Å². The van der Waals surface area contributed by atoms with E-state index in [-0.39, 0.29) is 0 Å². The van der Waals surface area contributed by atoms with Gasteiger partial charge in [-0.2, -0.15) is 0 Å². The molecule has 9 nitrogen and oxygen atoms in total. The zero-order valence-electron chi connectivity index (χ0n) is 32.8. The monoisotopic (exact) mass is 787 g/mol. The van der Waals surface area contributed by atoms with Crippen LogP contribution in [0.4, 0.5) is 5.69 Å². The molecule has 1 atom stereocenters. The highest BCUT2D eigenvalue weighted by molar-refractivity contribution is 7.63. The minimum Gasteiger partial charge on any atom is -0.497 e. The van der Waals surface area contributed by atoms with Crippen LogP contribution in [0.5, 0.6) is 34.5 Å². The number of anilines is 1. The number of methoxy groups -OCH3 is 4. The van der Waals surface area contributed by atoms with E-state index in [0.29, 0.717) is 45.7 Å². The second kappa shape index (κ2) is 15.1. The van der Waals surface area contributed by atoms with Gasteiger partial charge in [0.2, 0.25) is 8.30 Å². The number of para-hydroxylation sites is 1. The summed E-state index contributed by atoms with van der Waals surface area (Å²) in [5.41, 5.74) is 9.71. The number of hydrogen-bond donors (Lipinski definition) is 0. The van der Waals surface area contributed by atoms with Crippen molar-refractivity contribution >= 4 is 49.5 Å². The van der Waals surface area contributed by atoms with Crippen LogP contribution >= 0.6 is 16.5 Å². The lowest BCUT2D eigenvalue weighted by Crippen LogP contribution is -2.27. The van der Waals surface area contributed by atoms with E-state index in [2.05, 4.69) is 60.2 Å². The third-order valence-electron chi connectivity index (χ3n) is 10.1. The van der Waals surface area contributed by atoms with Gasteiger partial charge in [-0.25, -0.2) is 0 Å². The van der Waals surface area contributed by atoms with Crippen LogP contribution < -0.4 is 38.0 Å². The van der Waals surface area contributed by atoms with Crippen molar-refractivity contribution in [3.63, 3.8) is 0 Å². The molecule has 6 aromatic carbocycles. The third-order valence-corrected chi connectivity index (χ3v) is 13.0. The molecule has 286 valence electrons. The molecular formula is C45H43NO8P2. The van der Waals surface area contributed by atoms with Gasteiger partial charge in [-0.15, -0.1) is 0 Å². The third kappa shape index (κ3) is 6.55. The predicted molar refractivity (Wildman–Crippen MR) is 227 cm³/mol. The molecule has 0 fully saturated rings. The van der Waals surface area contributed by atoms with Gasteiger partial charge >= 0.3 is 8.24 Å². The maximum atomic E-state index is 7.27. The molecule has 56 heavy (non-hydrogen) atoms. The fourth-order valence-corrected chi connectivity index (χ4v) is 10.5. The van der Waals surface area contributed by atoms with E-state index in [1.54, 1.807) is 28.4 Å². The summed E-state index contributed by atoms with van der Waals surface area (Å²) in [6, 6.07) is 32.6. The van der Waals surface area contributed by atoms with Gasteiger partial charge in [-0.05, 0) is 116 Å². The Hall–Kier alpha value is -5.75. The number of fused-ring (bicyclic) bond motifs is 6. The molecule has 8 rings (SSSR count). The van der Waals surface area contributed by atoms with E-state index in [0.717, 1.165) is 60.7 Å². The van der Waals surface area contributed by atoms with Gasteiger partial charge in [0, 0.05) is 39.8 Å². The molecule has 2 heterocycles. The Kier molecular flexibility index (Phi) is 10.0. The molecule has 0 spiro atoms. The number of nitrogens with zero attached hydrogens (tertiary/aromatic N) is 1.